The molecule has 0 saturated carbocycles. The summed E-state index contributed by atoms with van der Waals surface area (Å²) in [5, 5.41) is 6.61. The van der Waals surface area contributed by atoms with E-state index in [9.17, 15) is 4.79 Å². The number of carbonyl (C=O) groups excluding carboxylic acids is 1. The van der Waals surface area contributed by atoms with E-state index in [1.54, 1.807) is 24.2 Å². The molecule has 78 valence electrons. The van der Waals surface area contributed by atoms with Gasteiger partial charge in [-0.1, -0.05) is 0 Å². The SMILES string of the molecule is COCCn1cc(NC(=O)CCl)cn1. The number of nitrogens with one attached hydrogen (secondary N) is 1. The fraction of sp³-hybridized carbons (Fsp3) is 0.500. The highest BCUT2D eigenvalue weighted by Crippen LogP contribution is 2.04. The van der Waals surface area contributed by atoms with Crippen LogP contribution >= 0.6 is 11.6 Å². The van der Waals surface area contributed by atoms with Crippen LogP contribution in [0, 0.1) is 0 Å². The Morgan fingerprint density at radius 1 is 1.79 bits per heavy atom. The largest absolute Gasteiger partial charge is 0.383 e. The van der Waals surface area contributed by atoms with Crippen LogP contribution in [0.4, 0.5) is 5.69 Å². The van der Waals surface area contributed by atoms with Crippen LogP contribution in [0.25, 0.3) is 0 Å². The van der Waals surface area contributed by atoms with Gasteiger partial charge in [-0.05, 0) is 0 Å². The minimum absolute atomic E-state index is 0.0523. The molecular weight excluding hydrogens is 206 g/mol. The van der Waals surface area contributed by atoms with Crippen molar-refractivity contribution in [2.75, 3.05) is 24.9 Å². The summed E-state index contributed by atoms with van der Waals surface area (Å²) < 4.78 is 6.58. The molecule has 1 heterocycles. The number of rotatable bonds is 5. The quantitative estimate of drug-likeness (QED) is 0.739. The van der Waals surface area contributed by atoms with Gasteiger partial charge >= 0.3 is 0 Å². The van der Waals surface area contributed by atoms with Gasteiger partial charge in [0.2, 0.25) is 5.91 Å². The molecule has 0 fully saturated rings. The summed E-state index contributed by atoms with van der Waals surface area (Å²) in [7, 11) is 1.62. The standard InChI is InChI=1S/C8H12ClN3O2/c1-14-3-2-12-6-7(5-10-12)11-8(13)4-9/h5-6H,2-4H2,1H3,(H,11,13). The van der Waals surface area contributed by atoms with Crippen LogP contribution in [-0.4, -0.2) is 35.3 Å². The molecule has 0 saturated heterocycles. The van der Waals surface area contributed by atoms with Crippen molar-refractivity contribution < 1.29 is 9.53 Å². The smallest absolute Gasteiger partial charge is 0.239 e. The first-order valence-electron chi connectivity index (χ1n) is 4.13. The molecular formula is C8H12ClN3O2. The second kappa shape index (κ2) is 5.62. The molecule has 0 aliphatic carbocycles. The van der Waals surface area contributed by atoms with Crippen LogP contribution in [0.5, 0.6) is 0 Å². The van der Waals surface area contributed by atoms with Crippen LogP contribution in [0.1, 0.15) is 0 Å². The van der Waals surface area contributed by atoms with E-state index in [2.05, 4.69) is 10.4 Å². The van der Waals surface area contributed by atoms with Gasteiger partial charge in [0.05, 0.1) is 25.0 Å². The number of ether oxygens (including phenoxy) is 1. The van der Waals surface area contributed by atoms with Crippen molar-refractivity contribution in [1.82, 2.24) is 9.78 Å². The monoisotopic (exact) mass is 217 g/mol. The highest BCUT2D eigenvalue weighted by atomic mass is 35.5. The number of methoxy groups -OCH3 is 1. The molecule has 1 amide bonds. The zero-order valence-corrected chi connectivity index (χ0v) is 8.62. The summed E-state index contributed by atoms with van der Waals surface area (Å²) >= 11 is 5.33. The maximum Gasteiger partial charge on any atom is 0.239 e. The van der Waals surface area contributed by atoms with Gasteiger partial charge in [-0.3, -0.25) is 9.48 Å². The van der Waals surface area contributed by atoms with Crippen LogP contribution < -0.4 is 5.32 Å². The molecule has 0 atom stereocenters. The predicted molar refractivity (Wildman–Crippen MR) is 53.5 cm³/mol. The topological polar surface area (TPSA) is 56.1 Å². The van der Waals surface area contributed by atoms with E-state index in [4.69, 9.17) is 16.3 Å². The first-order chi connectivity index (χ1) is 6.76. The van der Waals surface area contributed by atoms with Crippen molar-refractivity contribution >= 4 is 23.2 Å². The predicted octanol–water partition coefficient (Wildman–Crippen LogP) is 0.707. The number of halogens is 1. The molecule has 0 radical (unpaired) electrons. The molecule has 0 aliphatic heterocycles. The maximum absolute atomic E-state index is 10.9. The maximum atomic E-state index is 10.9. The van der Waals surface area contributed by atoms with E-state index < -0.39 is 0 Å². The average molecular weight is 218 g/mol. The molecule has 1 rings (SSSR count). The summed E-state index contributed by atoms with van der Waals surface area (Å²) in [6.45, 7) is 1.25. The number of aromatic nitrogens is 2. The van der Waals surface area contributed by atoms with Crippen molar-refractivity contribution in [3.05, 3.63) is 12.4 Å². The second-order valence-electron chi connectivity index (χ2n) is 2.67. The molecule has 0 spiro atoms. The molecule has 1 aromatic rings. The summed E-state index contributed by atoms with van der Waals surface area (Å²) in [4.78, 5) is 10.9. The van der Waals surface area contributed by atoms with E-state index in [1.807, 2.05) is 0 Å². The van der Waals surface area contributed by atoms with Crippen LogP contribution in [-0.2, 0) is 16.1 Å². The molecule has 0 aromatic carbocycles. The van der Waals surface area contributed by atoms with Gasteiger partial charge in [0.1, 0.15) is 5.88 Å². The first kappa shape index (κ1) is 11.0. The van der Waals surface area contributed by atoms with Gasteiger partial charge in [0, 0.05) is 13.3 Å². The number of nitrogens with zero attached hydrogens (tertiary/aromatic N) is 2. The van der Waals surface area contributed by atoms with Crippen molar-refractivity contribution in [3.8, 4) is 0 Å². The molecule has 6 heteroatoms. The highest BCUT2D eigenvalue weighted by molar-refractivity contribution is 6.29. The minimum Gasteiger partial charge on any atom is -0.383 e. The van der Waals surface area contributed by atoms with E-state index in [0.29, 0.717) is 18.8 Å². The van der Waals surface area contributed by atoms with E-state index >= 15 is 0 Å². The zero-order chi connectivity index (χ0) is 10.4. The highest BCUT2D eigenvalue weighted by Gasteiger charge is 2.02. The number of alkyl halides is 1. The van der Waals surface area contributed by atoms with E-state index in [0.717, 1.165) is 0 Å². The van der Waals surface area contributed by atoms with Crippen LogP contribution in [0.3, 0.4) is 0 Å². The van der Waals surface area contributed by atoms with Gasteiger partial charge in [0.15, 0.2) is 0 Å². The fourth-order valence-corrected chi connectivity index (χ4v) is 0.996. The number of anilines is 1. The van der Waals surface area contributed by atoms with Crippen molar-refractivity contribution in [3.63, 3.8) is 0 Å². The normalized spacial score (nSPS) is 10.1. The molecule has 14 heavy (non-hydrogen) atoms. The van der Waals surface area contributed by atoms with Crippen LogP contribution in [0.2, 0.25) is 0 Å². The Bertz CT molecular complexity index is 301. The van der Waals surface area contributed by atoms with Crippen molar-refractivity contribution in [2.45, 2.75) is 6.54 Å². The summed E-state index contributed by atoms with van der Waals surface area (Å²) in [6.07, 6.45) is 3.30. The van der Waals surface area contributed by atoms with Crippen LogP contribution in [0.15, 0.2) is 12.4 Å². The summed E-state index contributed by atoms with van der Waals surface area (Å²) in [5.74, 6) is -0.290. The number of hydrogen-bond acceptors (Lipinski definition) is 3. The van der Waals surface area contributed by atoms with Gasteiger partial charge in [0.25, 0.3) is 0 Å². The Balaban J connectivity index is 2.46. The summed E-state index contributed by atoms with van der Waals surface area (Å²) in [6, 6.07) is 0. The zero-order valence-electron chi connectivity index (χ0n) is 7.86. The molecule has 0 aliphatic rings. The molecule has 1 aromatic heterocycles. The molecule has 5 nitrogen and oxygen atoms in total. The lowest BCUT2D eigenvalue weighted by atomic mass is 10.5. The van der Waals surface area contributed by atoms with Gasteiger partial charge in [-0.15, -0.1) is 11.6 Å². The third kappa shape index (κ3) is 3.35. The van der Waals surface area contributed by atoms with E-state index in [-0.39, 0.29) is 11.8 Å². The van der Waals surface area contributed by atoms with Crippen molar-refractivity contribution in [1.29, 1.82) is 0 Å². The Kier molecular flexibility index (Phi) is 4.42. The Morgan fingerprint density at radius 2 is 2.57 bits per heavy atom. The third-order valence-corrected chi connectivity index (χ3v) is 1.81. The Hall–Kier alpha value is -1.07. The second-order valence-corrected chi connectivity index (χ2v) is 2.93. The lowest BCUT2D eigenvalue weighted by molar-refractivity contribution is -0.113. The van der Waals surface area contributed by atoms with Gasteiger partial charge < -0.3 is 10.1 Å². The molecule has 1 N–H and O–H groups in total. The Morgan fingerprint density at radius 3 is 3.21 bits per heavy atom. The number of carbonyl (C=O) groups is 1. The van der Waals surface area contributed by atoms with Crippen molar-refractivity contribution in [2.24, 2.45) is 0 Å². The van der Waals surface area contributed by atoms with E-state index in [1.165, 1.54) is 0 Å². The molecule has 0 unspecified atom stereocenters. The number of hydrogen-bond donors (Lipinski definition) is 1. The Labute approximate surface area is 87.0 Å². The minimum atomic E-state index is -0.238. The van der Waals surface area contributed by atoms with Gasteiger partial charge in [-0.25, -0.2) is 0 Å². The molecule has 0 bridgehead atoms. The number of amides is 1. The van der Waals surface area contributed by atoms with Gasteiger partial charge in [-0.2, -0.15) is 5.10 Å². The first-order valence-corrected chi connectivity index (χ1v) is 4.67. The fourth-order valence-electron chi connectivity index (χ4n) is 0.930. The average Bonchev–Trinajstić information content (AvgIpc) is 2.62. The third-order valence-electron chi connectivity index (χ3n) is 1.56. The summed E-state index contributed by atoms with van der Waals surface area (Å²) in [5.41, 5.74) is 0.645. The lowest BCUT2D eigenvalue weighted by Crippen LogP contribution is -2.12. The lowest BCUT2D eigenvalue weighted by Gasteiger charge is -1.99.